The number of nitrogens with zero attached hydrogens (tertiary/aromatic N) is 3. The summed E-state index contributed by atoms with van der Waals surface area (Å²) in [6, 6.07) is 6.12. The molecule has 20 heavy (non-hydrogen) atoms. The van der Waals surface area contributed by atoms with Crippen LogP contribution in [0.1, 0.15) is 24.7 Å². The van der Waals surface area contributed by atoms with E-state index in [2.05, 4.69) is 38.9 Å². The second kappa shape index (κ2) is 7.53. The lowest BCUT2D eigenvalue weighted by Gasteiger charge is -2.34. The maximum Gasteiger partial charge on any atom is 0.194 e. The SMILES string of the molecule is CCC1CN(C(=NC)NCc2cccc(C)n2)CCS1. The van der Waals surface area contributed by atoms with Crippen LogP contribution in [0.25, 0.3) is 0 Å². The van der Waals surface area contributed by atoms with Crippen molar-refractivity contribution in [2.24, 2.45) is 4.99 Å². The van der Waals surface area contributed by atoms with Gasteiger partial charge in [-0.1, -0.05) is 13.0 Å². The number of thioether (sulfide) groups is 1. The first kappa shape index (κ1) is 15.2. The van der Waals surface area contributed by atoms with Crippen LogP contribution in [0.2, 0.25) is 0 Å². The Kier molecular flexibility index (Phi) is 5.71. The van der Waals surface area contributed by atoms with Crippen molar-refractivity contribution >= 4 is 17.7 Å². The third-order valence-corrected chi connectivity index (χ3v) is 4.85. The third kappa shape index (κ3) is 4.13. The predicted molar refractivity (Wildman–Crippen MR) is 87.3 cm³/mol. The van der Waals surface area contributed by atoms with Gasteiger partial charge in [0.05, 0.1) is 12.2 Å². The van der Waals surface area contributed by atoms with Crippen LogP contribution in [-0.4, -0.2) is 47.0 Å². The number of guanidine groups is 1. The quantitative estimate of drug-likeness (QED) is 0.685. The largest absolute Gasteiger partial charge is 0.351 e. The second-order valence-corrected chi connectivity index (χ2v) is 6.43. The zero-order chi connectivity index (χ0) is 14.4. The van der Waals surface area contributed by atoms with Crippen molar-refractivity contribution in [2.75, 3.05) is 25.9 Å². The van der Waals surface area contributed by atoms with E-state index >= 15 is 0 Å². The molecule has 1 N–H and O–H groups in total. The highest BCUT2D eigenvalue weighted by atomic mass is 32.2. The first-order chi connectivity index (χ1) is 9.72. The fourth-order valence-corrected chi connectivity index (χ4v) is 3.54. The Balaban J connectivity index is 1.92. The Hall–Kier alpha value is -1.23. The number of pyridine rings is 1. The number of aliphatic imine (C=N–C) groups is 1. The number of aromatic nitrogens is 1. The molecule has 2 heterocycles. The monoisotopic (exact) mass is 292 g/mol. The Morgan fingerprint density at radius 2 is 2.40 bits per heavy atom. The van der Waals surface area contributed by atoms with Crippen LogP contribution in [0, 0.1) is 6.92 Å². The van der Waals surface area contributed by atoms with Crippen molar-refractivity contribution in [2.45, 2.75) is 32.1 Å². The maximum atomic E-state index is 4.52. The molecule has 0 amide bonds. The molecule has 0 bridgehead atoms. The summed E-state index contributed by atoms with van der Waals surface area (Å²) in [6.45, 7) is 7.17. The van der Waals surface area contributed by atoms with Gasteiger partial charge in [-0.15, -0.1) is 0 Å². The highest BCUT2D eigenvalue weighted by Gasteiger charge is 2.21. The van der Waals surface area contributed by atoms with Gasteiger partial charge in [-0.2, -0.15) is 11.8 Å². The van der Waals surface area contributed by atoms with Gasteiger partial charge in [0.2, 0.25) is 0 Å². The van der Waals surface area contributed by atoms with E-state index in [9.17, 15) is 0 Å². The summed E-state index contributed by atoms with van der Waals surface area (Å²) >= 11 is 2.07. The van der Waals surface area contributed by atoms with E-state index < -0.39 is 0 Å². The van der Waals surface area contributed by atoms with Gasteiger partial charge in [0.25, 0.3) is 0 Å². The fraction of sp³-hybridized carbons (Fsp3) is 0.600. The summed E-state index contributed by atoms with van der Waals surface area (Å²) in [5, 5.41) is 4.15. The van der Waals surface area contributed by atoms with Crippen LogP contribution in [-0.2, 0) is 6.54 Å². The van der Waals surface area contributed by atoms with Crippen LogP contribution >= 0.6 is 11.8 Å². The van der Waals surface area contributed by atoms with E-state index in [1.807, 2.05) is 32.2 Å². The Labute approximate surface area is 126 Å². The van der Waals surface area contributed by atoms with Crippen molar-refractivity contribution in [1.29, 1.82) is 0 Å². The molecule has 1 unspecified atom stereocenters. The topological polar surface area (TPSA) is 40.5 Å². The predicted octanol–water partition coefficient (Wildman–Crippen LogP) is 2.29. The summed E-state index contributed by atoms with van der Waals surface area (Å²) < 4.78 is 0. The van der Waals surface area contributed by atoms with E-state index in [4.69, 9.17) is 0 Å². The van der Waals surface area contributed by atoms with Gasteiger partial charge in [-0.3, -0.25) is 9.98 Å². The number of nitrogens with one attached hydrogen (secondary N) is 1. The molecule has 4 nitrogen and oxygen atoms in total. The van der Waals surface area contributed by atoms with Crippen molar-refractivity contribution in [3.63, 3.8) is 0 Å². The van der Waals surface area contributed by atoms with E-state index in [-0.39, 0.29) is 0 Å². The Morgan fingerprint density at radius 1 is 1.55 bits per heavy atom. The lowest BCUT2D eigenvalue weighted by molar-refractivity contribution is 0.408. The molecule has 0 radical (unpaired) electrons. The van der Waals surface area contributed by atoms with Crippen molar-refractivity contribution in [3.05, 3.63) is 29.6 Å². The first-order valence-corrected chi connectivity index (χ1v) is 8.27. The maximum absolute atomic E-state index is 4.52. The molecular formula is C15H24N4S. The fourth-order valence-electron chi connectivity index (χ4n) is 2.36. The zero-order valence-electron chi connectivity index (χ0n) is 12.6. The van der Waals surface area contributed by atoms with Gasteiger partial charge < -0.3 is 10.2 Å². The van der Waals surface area contributed by atoms with Crippen LogP contribution in [0.3, 0.4) is 0 Å². The summed E-state index contributed by atoms with van der Waals surface area (Å²) in [4.78, 5) is 11.3. The number of aryl methyl sites for hydroxylation is 1. The van der Waals surface area contributed by atoms with Crippen molar-refractivity contribution in [1.82, 2.24) is 15.2 Å². The van der Waals surface area contributed by atoms with Crippen molar-refractivity contribution in [3.8, 4) is 0 Å². The summed E-state index contributed by atoms with van der Waals surface area (Å²) in [7, 11) is 1.86. The zero-order valence-corrected chi connectivity index (χ0v) is 13.4. The smallest absolute Gasteiger partial charge is 0.194 e. The molecule has 2 rings (SSSR count). The number of hydrogen-bond donors (Lipinski definition) is 1. The summed E-state index contributed by atoms with van der Waals surface area (Å²) in [5.41, 5.74) is 2.12. The molecule has 0 spiro atoms. The molecule has 0 saturated carbocycles. The first-order valence-electron chi connectivity index (χ1n) is 7.22. The van der Waals surface area contributed by atoms with Gasteiger partial charge in [0.15, 0.2) is 5.96 Å². The molecule has 5 heteroatoms. The lowest BCUT2D eigenvalue weighted by atomic mass is 10.3. The average Bonchev–Trinajstić information content (AvgIpc) is 2.48. The van der Waals surface area contributed by atoms with Gasteiger partial charge in [0.1, 0.15) is 0 Å². The van der Waals surface area contributed by atoms with E-state index in [0.29, 0.717) is 0 Å². The van der Waals surface area contributed by atoms with Crippen LogP contribution < -0.4 is 5.32 Å². The van der Waals surface area contributed by atoms with Gasteiger partial charge >= 0.3 is 0 Å². The lowest BCUT2D eigenvalue weighted by Crippen LogP contribution is -2.47. The average molecular weight is 292 g/mol. The molecule has 0 aromatic carbocycles. The molecule has 1 aliphatic heterocycles. The molecule has 110 valence electrons. The molecule has 1 saturated heterocycles. The van der Waals surface area contributed by atoms with Crippen LogP contribution in [0.4, 0.5) is 0 Å². The second-order valence-electron chi connectivity index (χ2n) is 5.02. The molecule has 1 fully saturated rings. The van der Waals surface area contributed by atoms with Crippen LogP contribution in [0.15, 0.2) is 23.2 Å². The molecular weight excluding hydrogens is 268 g/mol. The number of hydrogen-bond acceptors (Lipinski definition) is 3. The van der Waals surface area contributed by atoms with Gasteiger partial charge in [0, 0.05) is 36.8 Å². The van der Waals surface area contributed by atoms with E-state index in [1.54, 1.807) is 0 Å². The van der Waals surface area contributed by atoms with Gasteiger partial charge in [-0.25, -0.2) is 0 Å². The molecule has 0 aliphatic carbocycles. The van der Waals surface area contributed by atoms with Gasteiger partial charge in [-0.05, 0) is 25.5 Å². The Morgan fingerprint density at radius 3 is 3.10 bits per heavy atom. The normalized spacial score (nSPS) is 20.1. The highest BCUT2D eigenvalue weighted by molar-refractivity contribution is 8.00. The molecule has 1 aliphatic rings. The molecule has 1 aromatic heterocycles. The van der Waals surface area contributed by atoms with E-state index in [0.717, 1.165) is 42.2 Å². The Bertz CT molecular complexity index is 461. The minimum absolute atomic E-state index is 0.722. The number of rotatable bonds is 3. The van der Waals surface area contributed by atoms with Crippen LogP contribution in [0.5, 0.6) is 0 Å². The van der Waals surface area contributed by atoms with Crippen molar-refractivity contribution < 1.29 is 0 Å². The summed E-state index contributed by atoms with van der Waals surface area (Å²) in [5.74, 6) is 2.18. The minimum atomic E-state index is 0.722. The minimum Gasteiger partial charge on any atom is -0.351 e. The molecule has 1 atom stereocenters. The summed E-state index contributed by atoms with van der Waals surface area (Å²) in [6.07, 6.45) is 1.22. The van der Waals surface area contributed by atoms with E-state index in [1.165, 1.54) is 12.2 Å². The third-order valence-electron chi connectivity index (χ3n) is 3.48. The highest BCUT2D eigenvalue weighted by Crippen LogP contribution is 2.21. The molecule has 1 aromatic rings. The standard InChI is InChI=1S/C15H24N4S/c1-4-14-11-19(8-9-20-14)15(16-3)17-10-13-7-5-6-12(2)18-13/h5-7,14H,4,8-11H2,1-3H3,(H,16,17).